The van der Waals surface area contributed by atoms with Gasteiger partial charge in [-0.3, -0.25) is 0 Å². The van der Waals surface area contributed by atoms with Crippen LogP contribution in [0, 0.1) is 0 Å². The zero-order valence-corrected chi connectivity index (χ0v) is 32.0. The van der Waals surface area contributed by atoms with Crippen molar-refractivity contribution in [3.05, 3.63) is 212 Å². The Labute approximate surface area is 340 Å². The van der Waals surface area contributed by atoms with Crippen LogP contribution in [0.4, 0.5) is 17.1 Å². The standard InChI is InChI=1S/C56H35NO2/c1-2-12-39-32-41(23-22-36(39)10-1)40-13-7-15-45(33-40)57(44-28-24-37(25-29-44)42-27-31-53-51(35-42)49-18-5-6-20-52(49)58-53)46-16-8-14-43(34-46)47-19-9-21-54-55(47)50-30-26-38-11-3-4-17-48(38)56(50)59-54/h1-35H. The zero-order chi connectivity index (χ0) is 38.9. The van der Waals surface area contributed by atoms with Gasteiger partial charge in [-0.15, -0.1) is 0 Å². The molecule has 59 heavy (non-hydrogen) atoms. The predicted molar refractivity (Wildman–Crippen MR) is 247 cm³/mol. The Bertz CT molecular complexity index is 3570. The minimum absolute atomic E-state index is 0.886. The summed E-state index contributed by atoms with van der Waals surface area (Å²) in [6.07, 6.45) is 0. The fraction of sp³-hybridized carbons (Fsp3) is 0. The lowest BCUT2D eigenvalue weighted by Gasteiger charge is -2.27. The number of hydrogen-bond acceptors (Lipinski definition) is 3. The number of fused-ring (bicyclic) bond motifs is 9. The van der Waals surface area contributed by atoms with E-state index in [1.165, 1.54) is 21.7 Å². The molecule has 10 aromatic carbocycles. The zero-order valence-electron chi connectivity index (χ0n) is 32.0. The summed E-state index contributed by atoms with van der Waals surface area (Å²) < 4.78 is 12.7. The molecule has 0 saturated heterocycles. The topological polar surface area (TPSA) is 29.5 Å². The van der Waals surface area contributed by atoms with Crippen LogP contribution in [0.3, 0.4) is 0 Å². The number of anilines is 3. The van der Waals surface area contributed by atoms with Gasteiger partial charge in [-0.2, -0.15) is 0 Å². The van der Waals surface area contributed by atoms with E-state index in [-0.39, 0.29) is 0 Å². The van der Waals surface area contributed by atoms with Gasteiger partial charge in [0.15, 0.2) is 0 Å². The van der Waals surface area contributed by atoms with E-state index in [1.807, 2.05) is 12.1 Å². The molecular weight excluding hydrogens is 719 g/mol. The van der Waals surface area contributed by atoms with Crippen molar-refractivity contribution < 1.29 is 8.83 Å². The monoisotopic (exact) mass is 753 g/mol. The Morgan fingerprint density at radius 3 is 1.76 bits per heavy atom. The minimum atomic E-state index is 0.886. The van der Waals surface area contributed by atoms with Gasteiger partial charge in [0.2, 0.25) is 0 Å². The molecule has 0 atom stereocenters. The van der Waals surface area contributed by atoms with E-state index >= 15 is 0 Å². The maximum Gasteiger partial charge on any atom is 0.143 e. The van der Waals surface area contributed by atoms with Crippen molar-refractivity contribution in [1.82, 2.24) is 0 Å². The van der Waals surface area contributed by atoms with Gasteiger partial charge < -0.3 is 13.7 Å². The molecule has 0 bridgehead atoms. The van der Waals surface area contributed by atoms with Crippen molar-refractivity contribution >= 4 is 82.5 Å². The molecule has 3 heteroatoms. The summed E-state index contributed by atoms with van der Waals surface area (Å²) in [4.78, 5) is 2.37. The molecule has 0 aliphatic heterocycles. The van der Waals surface area contributed by atoms with Gasteiger partial charge in [0, 0.05) is 44.0 Å². The van der Waals surface area contributed by atoms with Crippen molar-refractivity contribution in [1.29, 1.82) is 0 Å². The number of rotatable bonds is 6. The number of hydrogen-bond donors (Lipinski definition) is 0. The molecule has 0 saturated carbocycles. The van der Waals surface area contributed by atoms with Crippen LogP contribution >= 0.6 is 0 Å². The number of furan rings is 2. The van der Waals surface area contributed by atoms with Gasteiger partial charge in [-0.1, -0.05) is 140 Å². The average molecular weight is 754 g/mol. The third-order valence-electron chi connectivity index (χ3n) is 11.8. The normalized spacial score (nSPS) is 11.7. The van der Waals surface area contributed by atoms with Crippen LogP contribution in [0.2, 0.25) is 0 Å². The first-order valence-electron chi connectivity index (χ1n) is 20.1. The quantitative estimate of drug-likeness (QED) is 0.169. The van der Waals surface area contributed by atoms with E-state index in [1.54, 1.807) is 0 Å². The Kier molecular flexibility index (Phi) is 7.54. The molecule has 0 aliphatic carbocycles. The lowest BCUT2D eigenvalue weighted by atomic mass is 9.97. The fourth-order valence-corrected chi connectivity index (χ4v) is 8.96. The van der Waals surface area contributed by atoms with Gasteiger partial charge in [-0.25, -0.2) is 0 Å². The summed E-state index contributed by atoms with van der Waals surface area (Å²) in [6, 6.07) is 75.9. The van der Waals surface area contributed by atoms with E-state index in [4.69, 9.17) is 8.83 Å². The van der Waals surface area contributed by atoms with Crippen LogP contribution < -0.4 is 4.90 Å². The number of para-hydroxylation sites is 1. The molecule has 12 rings (SSSR count). The summed E-state index contributed by atoms with van der Waals surface area (Å²) in [7, 11) is 0. The van der Waals surface area contributed by atoms with Gasteiger partial charge in [0.05, 0.1) is 0 Å². The van der Waals surface area contributed by atoms with E-state index in [2.05, 4.69) is 205 Å². The number of benzene rings is 10. The molecule has 2 aromatic heterocycles. The molecule has 0 amide bonds. The average Bonchev–Trinajstić information content (AvgIpc) is 3.88. The predicted octanol–water partition coefficient (Wildman–Crippen LogP) is 16.3. The Hall–Kier alpha value is -7.88. The highest BCUT2D eigenvalue weighted by Gasteiger charge is 2.19. The highest BCUT2D eigenvalue weighted by molar-refractivity contribution is 6.19. The van der Waals surface area contributed by atoms with Crippen LogP contribution in [-0.2, 0) is 0 Å². The molecule has 12 aromatic rings. The molecule has 2 heterocycles. The highest BCUT2D eigenvalue weighted by Crippen LogP contribution is 2.43. The molecule has 0 radical (unpaired) electrons. The van der Waals surface area contributed by atoms with Gasteiger partial charge >= 0.3 is 0 Å². The van der Waals surface area contributed by atoms with Crippen molar-refractivity contribution in [2.24, 2.45) is 0 Å². The molecule has 0 spiro atoms. The maximum absolute atomic E-state index is 6.60. The Balaban J connectivity index is 0.999. The van der Waals surface area contributed by atoms with Crippen molar-refractivity contribution in [2.75, 3.05) is 4.90 Å². The fourth-order valence-electron chi connectivity index (χ4n) is 8.96. The Morgan fingerprint density at radius 1 is 0.288 bits per heavy atom. The molecule has 0 aliphatic rings. The van der Waals surface area contributed by atoms with Gasteiger partial charge in [-0.05, 0) is 122 Å². The molecule has 0 fully saturated rings. The van der Waals surface area contributed by atoms with Crippen LogP contribution in [0.5, 0.6) is 0 Å². The van der Waals surface area contributed by atoms with Gasteiger partial charge in [0.1, 0.15) is 22.3 Å². The summed E-state index contributed by atoms with van der Waals surface area (Å²) in [5.74, 6) is 0. The number of nitrogens with zero attached hydrogens (tertiary/aromatic N) is 1. The third-order valence-corrected chi connectivity index (χ3v) is 11.8. The van der Waals surface area contributed by atoms with E-state index in [0.717, 1.165) is 94.1 Å². The van der Waals surface area contributed by atoms with Crippen LogP contribution in [0.25, 0.3) is 98.8 Å². The third kappa shape index (κ3) is 5.59. The summed E-state index contributed by atoms with van der Waals surface area (Å²) in [6.45, 7) is 0. The van der Waals surface area contributed by atoms with Crippen LogP contribution in [0.1, 0.15) is 0 Å². The largest absolute Gasteiger partial charge is 0.456 e. The van der Waals surface area contributed by atoms with E-state index < -0.39 is 0 Å². The van der Waals surface area contributed by atoms with Crippen molar-refractivity contribution in [2.45, 2.75) is 0 Å². The second-order valence-corrected chi connectivity index (χ2v) is 15.3. The summed E-state index contributed by atoms with van der Waals surface area (Å²) >= 11 is 0. The van der Waals surface area contributed by atoms with Crippen molar-refractivity contribution in [3.8, 4) is 33.4 Å². The smallest absolute Gasteiger partial charge is 0.143 e. The molecule has 0 unspecified atom stereocenters. The molecule has 276 valence electrons. The van der Waals surface area contributed by atoms with Gasteiger partial charge in [0.25, 0.3) is 0 Å². The van der Waals surface area contributed by atoms with E-state index in [9.17, 15) is 0 Å². The van der Waals surface area contributed by atoms with E-state index in [0.29, 0.717) is 0 Å². The summed E-state index contributed by atoms with van der Waals surface area (Å²) in [5.41, 5.74) is 13.7. The minimum Gasteiger partial charge on any atom is -0.456 e. The molecular formula is C56H35NO2. The second-order valence-electron chi connectivity index (χ2n) is 15.3. The Morgan fingerprint density at radius 2 is 0.898 bits per heavy atom. The van der Waals surface area contributed by atoms with Crippen LogP contribution in [-0.4, -0.2) is 0 Å². The molecule has 0 N–H and O–H groups in total. The first-order chi connectivity index (χ1) is 29.2. The first kappa shape index (κ1) is 33.3. The lowest BCUT2D eigenvalue weighted by molar-refractivity contribution is 0.669. The maximum atomic E-state index is 6.60. The second kappa shape index (κ2) is 13.4. The lowest BCUT2D eigenvalue weighted by Crippen LogP contribution is -2.10. The molecule has 3 nitrogen and oxygen atoms in total. The highest BCUT2D eigenvalue weighted by atomic mass is 16.3. The van der Waals surface area contributed by atoms with Crippen molar-refractivity contribution in [3.63, 3.8) is 0 Å². The summed E-state index contributed by atoms with van der Waals surface area (Å²) in [5, 5.41) is 9.26. The SMILES string of the molecule is c1cc(-c2ccc3ccccc3c2)cc(N(c2ccc(-c3ccc4oc5ccccc5c4c3)cc2)c2cccc(-c3cccc4oc5c6ccccc6ccc5c34)c2)c1. The van der Waals surface area contributed by atoms with Crippen LogP contribution in [0.15, 0.2) is 221 Å². The first-order valence-corrected chi connectivity index (χ1v) is 20.1.